The van der Waals surface area contributed by atoms with Crippen LogP contribution in [0.1, 0.15) is 0 Å². The first-order valence-electron chi connectivity index (χ1n) is 5.39. The van der Waals surface area contributed by atoms with Gasteiger partial charge in [0.25, 0.3) is 0 Å². The van der Waals surface area contributed by atoms with Crippen LogP contribution in [0.15, 0.2) is 43.0 Å². The number of hydrogen-bond acceptors (Lipinski definition) is 3. The molecule has 0 spiro atoms. The van der Waals surface area contributed by atoms with Gasteiger partial charge in [-0.25, -0.2) is 0 Å². The molecular weight excluding hydrogens is 281 g/mol. The Balaban J connectivity index is 2.57. The molecule has 3 nitrogen and oxygen atoms in total. The van der Waals surface area contributed by atoms with E-state index in [0.29, 0.717) is 13.1 Å². The van der Waals surface area contributed by atoms with Gasteiger partial charge in [-0.1, -0.05) is 0 Å². The van der Waals surface area contributed by atoms with Crippen LogP contribution < -0.4 is 9.78 Å². The fourth-order valence-electron chi connectivity index (χ4n) is 1.28. The number of carbonyl (C=O) groups is 1. The summed E-state index contributed by atoms with van der Waals surface area (Å²) >= 11 is 0.0858. The molecule has 0 aliphatic rings. The number of rotatable bonds is 7. The van der Waals surface area contributed by atoms with Crippen LogP contribution in [0.25, 0.3) is 0 Å². The van der Waals surface area contributed by atoms with Crippen LogP contribution in [0.2, 0.25) is 4.82 Å². The van der Waals surface area contributed by atoms with Crippen molar-refractivity contribution in [2.75, 3.05) is 20.2 Å². The second-order valence-electron chi connectivity index (χ2n) is 3.39. The van der Waals surface area contributed by atoms with Crippen LogP contribution >= 0.6 is 0 Å². The molecular formula is C13H17NO2Se. The zero-order valence-electron chi connectivity index (χ0n) is 9.89. The predicted octanol–water partition coefficient (Wildman–Crippen LogP) is 0.753. The summed E-state index contributed by atoms with van der Waals surface area (Å²) in [6.07, 6.45) is 1.78. The third-order valence-electron chi connectivity index (χ3n) is 2.10. The SMILES string of the molecule is C=CCNCC([Se]c1ccccc1)C(=O)OC. The molecule has 0 aromatic heterocycles. The Labute approximate surface area is 108 Å². The molecule has 0 saturated carbocycles. The molecule has 1 unspecified atom stereocenters. The third kappa shape index (κ3) is 5.18. The van der Waals surface area contributed by atoms with E-state index < -0.39 is 0 Å². The minimum atomic E-state index is -0.148. The molecule has 0 heterocycles. The maximum atomic E-state index is 11.6. The van der Waals surface area contributed by atoms with E-state index >= 15 is 0 Å². The molecule has 1 aromatic carbocycles. The zero-order valence-corrected chi connectivity index (χ0v) is 11.6. The van der Waals surface area contributed by atoms with E-state index in [9.17, 15) is 4.79 Å². The third-order valence-corrected chi connectivity index (χ3v) is 4.60. The van der Waals surface area contributed by atoms with E-state index in [2.05, 4.69) is 11.9 Å². The second kappa shape index (κ2) is 8.07. The molecule has 92 valence electrons. The number of carbonyl (C=O) groups excluding carboxylic acids is 1. The van der Waals surface area contributed by atoms with E-state index in [4.69, 9.17) is 4.74 Å². The van der Waals surface area contributed by atoms with Gasteiger partial charge >= 0.3 is 108 Å². The average Bonchev–Trinajstić information content (AvgIpc) is 2.38. The van der Waals surface area contributed by atoms with Crippen LogP contribution in [0.5, 0.6) is 0 Å². The summed E-state index contributed by atoms with van der Waals surface area (Å²) in [6, 6.07) is 10.0. The number of ether oxygens (including phenoxy) is 1. The predicted molar refractivity (Wildman–Crippen MR) is 70.7 cm³/mol. The van der Waals surface area contributed by atoms with Gasteiger partial charge in [-0.3, -0.25) is 0 Å². The molecule has 0 amide bonds. The standard InChI is InChI=1S/C13H17NO2Se/c1-3-9-14-10-12(13(15)16-2)17-11-7-5-4-6-8-11/h3-8,12,14H,1,9-10H2,2H3. The molecule has 1 rings (SSSR count). The number of esters is 1. The Kier molecular flexibility index (Phi) is 6.63. The van der Waals surface area contributed by atoms with Crippen molar-refractivity contribution < 1.29 is 9.53 Å². The molecule has 0 aliphatic carbocycles. The normalized spacial score (nSPS) is 11.8. The van der Waals surface area contributed by atoms with Crippen molar-refractivity contribution >= 4 is 25.4 Å². The first-order chi connectivity index (χ1) is 8.27. The molecule has 0 aliphatic heterocycles. The summed E-state index contributed by atoms with van der Waals surface area (Å²) in [7, 11) is 1.43. The number of hydrogen-bond donors (Lipinski definition) is 1. The molecule has 1 aromatic rings. The Morgan fingerprint density at radius 3 is 2.82 bits per heavy atom. The molecule has 0 fully saturated rings. The summed E-state index contributed by atoms with van der Waals surface area (Å²) in [4.78, 5) is 11.6. The first kappa shape index (κ1) is 14.0. The summed E-state index contributed by atoms with van der Waals surface area (Å²) in [5.74, 6) is -0.148. The van der Waals surface area contributed by atoms with Crippen molar-refractivity contribution in [2.24, 2.45) is 0 Å². The van der Waals surface area contributed by atoms with E-state index in [1.54, 1.807) is 6.08 Å². The van der Waals surface area contributed by atoms with Gasteiger partial charge < -0.3 is 0 Å². The molecule has 1 atom stereocenters. The van der Waals surface area contributed by atoms with E-state index in [-0.39, 0.29) is 25.7 Å². The zero-order chi connectivity index (χ0) is 12.5. The number of benzene rings is 1. The van der Waals surface area contributed by atoms with Crippen LogP contribution in [0.3, 0.4) is 0 Å². The monoisotopic (exact) mass is 299 g/mol. The van der Waals surface area contributed by atoms with Gasteiger partial charge in [-0.15, -0.1) is 0 Å². The van der Waals surface area contributed by atoms with E-state index in [1.807, 2.05) is 30.3 Å². The van der Waals surface area contributed by atoms with Gasteiger partial charge in [0.1, 0.15) is 0 Å². The quantitative estimate of drug-likeness (QED) is 0.349. The molecule has 0 bridgehead atoms. The van der Waals surface area contributed by atoms with Gasteiger partial charge in [0.05, 0.1) is 0 Å². The Bertz CT molecular complexity index is 354. The maximum absolute atomic E-state index is 11.6. The number of nitrogens with one attached hydrogen (secondary N) is 1. The fourth-order valence-corrected chi connectivity index (χ4v) is 3.46. The summed E-state index contributed by atoms with van der Waals surface area (Å²) in [5.41, 5.74) is 0. The molecule has 1 N–H and O–H groups in total. The summed E-state index contributed by atoms with van der Waals surface area (Å²) in [6.45, 7) is 4.97. The Hall–Kier alpha value is -1.09. The number of methoxy groups -OCH3 is 1. The topological polar surface area (TPSA) is 38.3 Å². The van der Waals surface area contributed by atoms with Crippen LogP contribution in [0.4, 0.5) is 0 Å². The van der Waals surface area contributed by atoms with Gasteiger partial charge in [0, 0.05) is 0 Å². The Morgan fingerprint density at radius 1 is 1.53 bits per heavy atom. The molecule has 17 heavy (non-hydrogen) atoms. The minimum absolute atomic E-state index is 0.0858. The van der Waals surface area contributed by atoms with Gasteiger partial charge in [-0.2, -0.15) is 0 Å². The van der Waals surface area contributed by atoms with E-state index in [0.717, 1.165) is 0 Å². The van der Waals surface area contributed by atoms with Crippen LogP contribution in [-0.4, -0.2) is 41.1 Å². The van der Waals surface area contributed by atoms with Crippen LogP contribution in [-0.2, 0) is 9.53 Å². The molecule has 0 saturated heterocycles. The van der Waals surface area contributed by atoms with Crippen LogP contribution in [0, 0.1) is 0 Å². The van der Waals surface area contributed by atoms with Crippen molar-refractivity contribution in [3.63, 3.8) is 0 Å². The fraction of sp³-hybridized carbons (Fsp3) is 0.308. The van der Waals surface area contributed by atoms with Crippen molar-refractivity contribution in [1.82, 2.24) is 5.32 Å². The van der Waals surface area contributed by atoms with Gasteiger partial charge in [0.2, 0.25) is 0 Å². The van der Waals surface area contributed by atoms with Crippen molar-refractivity contribution in [1.29, 1.82) is 0 Å². The summed E-state index contributed by atoms with van der Waals surface area (Å²) in [5, 5.41) is 3.17. The van der Waals surface area contributed by atoms with E-state index in [1.165, 1.54) is 11.6 Å². The van der Waals surface area contributed by atoms with Gasteiger partial charge in [-0.05, 0) is 0 Å². The Morgan fingerprint density at radius 2 is 2.24 bits per heavy atom. The molecule has 4 heteroatoms. The van der Waals surface area contributed by atoms with Gasteiger partial charge in [0.15, 0.2) is 0 Å². The van der Waals surface area contributed by atoms with Crippen molar-refractivity contribution in [3.8, 4) is 0 Å². The van der Waals surface area contributed by atoms with Crippen molar-refractivity contribution in [3.05, 3.63) is 43.0 Å². The molecule has 0 radical (unpaired) electrons. The average molecular weight is 298 g/mol. The first-order valence-corrected chi connectivity index (χ1v) is 7.23. The van der Waals surface area contributed by atoms with Crippen molar-refractivity contribution in [2.45, 2.75) is 4.82 Å². The summed E-state index contributed by atoms with van der Waals surface area (Å²) < 4.78 is 6.03. The second-order valence-corrected chi connectivity index (χ2v) is 6.07.